The zero-order valence-electron chi connectivity index (χ0n) is 11.5. The summed E-state index contributed by atoms with van der Waals surface area (Å²) in [6, 6.07) is 10.3. The average molecular weight is 264 g/mol. The summed E-state index contributed by atoms with van der Waals surface area (Å²) >= 11 is 1.74. The van der Waals surface area contributed by atoms with Crippen LogP contribution in [0.25, 0.3) is 0 Å². The topological polar surface area (TPSA) is 17.1 Å². The number of rotatable bonds is 9. The van der Waals surface area contributed by atoms with E-state index in [1.807, 2.05) is 18.2 Å². The van der Waals surface area contributed by atoms with E-state index >= 15 is 0 Å². The molecule has 0 saturated heterocycles. The molecule has 18 heavy (non-hydrogen) atoms. The third kappa shape index (κ3) is 5.72. The average Bonchev–Trinajstić information content (AvgIpc) is 2.42. The van der Waals surface area contributed by atoms with Gasteiger partial charge in [-0.05, 0) is 25.0 Å². The highest BCUT2D eigenvalue weighted by atomic mass is 32.2. The van der Waals surface area contributed by atoms with Crippen molar-refractivity contribution in [1.29, 1.82) is 0 Å². The summed E-state index contributed by atoms with van der Waals surface area (Å²) in [5.74, 6) is 0.430. The molecule has 1 nitrogen and oxygen atoms in total. The van der Waals surface area contributed by atoms with Crippen LogP contribution in [0.1, 0.15) is 52.4 Å². The molecule has 0 aliphatic rings. The molecule has 100 valence electrons. The van der Waals surface area contributed by atoms with Gasteiger partial charge < -0.3 is 0 Å². The van der Waals surface area contributed by atoms with E-state index in [2.05, 4.69) is 26.0 Å². The van der Waals surface area contributed by atoms with Gasteiger partial charge in [0.05, 0.1) is 5.25 Å². The van der Waals surface area contributed by atoms with Crippen LogP contribution < -0.4 is 0 Å². The van der Waals surface area contributed by atoms with E-state index in [0.29, 0.717) is 5.78 Å². The molecule has 1 aromatic carbocycles. The maximum Gasteiger partial charge on any atom is 0.146 e. The minimum Gasteiger partial charge on any atom is -0.298 e. The molecule has 0 heterocycles. The second-order valence-corrected chi connectivity index (χ2v) is 5.91. The molecule has 1 aromatic rings. The molecule has 0 aliphatic heterocycles. The fraction of sp³-hybridized carbons (Fsp3) is 0.562. The van der Waals surface area contributed by atoms with Crippen molar-refractivity contribution >= 4 is 17.5 Å². The van der Waals surface area contributed by atoms with E-state index in [0.717, 1.165) is 38.5 Å². The first-order valence-electron chi connectivity index (χ1n) is 7.02. The van der Waals surface area contributed by atoms with Gasteiger partial charge in [-0.3, -0.25) is 4.79 Å². The molecule has 0 radical (unpaired) electrons. The molecule has 0 spiro atoms. The van der Waals surface area contributed by atoms with Crippen molar-refractivity contribution in [3.63, 3.8) is 0 Å². The quantitative estimate of drug-likeness (QED) is 0.577. The zero-order chi connectivity index (χ0) is 13.2. The van der Waals surface area contributed by atoms with E-state index in [1.54, 1.807) is 11.8 Å². The van der Waals surface area contributed by atoms with Crippen LogP contribution in [-0.2, 0) is 4.79 Å². The Morgan fingerprint density at radius 2 is 1.78 bits per heavy atom. The Kier molecular flexibility index (Phi) is 7.83. The highest BCUT2D eigenvalue weighted by Gasteiger charge is 2.18. The molecule has 0 amide bonds. The minimum absolute atomic E-state index is 0.152. The van der Waals surface area contributed by atoms with Gasteiger partial charge in [0.2, 0.25) is 0 Å². The number of ketones is 1. The summed E-state index contributed by atoms with van der Waals surface area (Å²) in [6.45, 7) is 4.32. The summed E-state index contributed by atoms with van der Waals surface area (Å²) < 4.78 is 0. The summed E-state index contributed by atoms with van der Waals surface area (Å²) in [4.78, 5) is 13.4. The second-order valence-electron chi connectivity index (χ2n) is 4.63. The SMILES string of the molecule is CCCCC(=O)C(CCCC)Sc1ccccc1. The van der Waals surface area contributed by atoms with Gasteiger partial charge in [0.15, 0.2) is 0 Å². The van der Waals surface area contributed by atoms with Gasteiger partial charge in [0.25, 0.3) is 0 Å². The number of carbonyl (C=O) groups excluding carboxylic acids is 1. The second kappa shape index (κ2) is 9.21. The monoisotopic (exact) mass is 264 g/mol. The van der Waals surface area contributed by atoms with Crippen LogP contribution in [0.3, 0.4) is 0 Å². The normalized spacial score (nSPS) is 12.3. The first-order chi connectivity index (χ1) is 8.77. The maximum absolute atomic E-state index is 12.2. The van der Waals surface area contributed by atoms with E-state index < -0.39 is 0 Å². The van der Waals surface area contributed by atoms with Gasteiger partial charge in [-0.15, -0.1) is 11.8 Å². The fourth-order valence-electron chi connectivity index (χ4n) is 1.85. The Labute approximate surface area is 115 Å². The zero-order valence-corrected chi connectivity index (χ0v) is 12.3. The lowest BCUT2D eigenvalue weighted by molar-refractivity contribution is -0.118. The molecular formula is C16H24OS. The lowest BCUT2D eigenvalue weighted by Crippen LogP contribution is -2.16. The van der Waals surface area contributed by atoms with Crippen LogP contribution in [0.2, 0.25) is 0 Å². The summed E-state index contributed by atoms with van der Waals surface area (Å²) in [6.07, 6.45) is 6.18. The van der Waals surface area contributed by atoms with Gasteiger partial charge in [0.1, 0.15) is 5.78 Å². The maximum atomic E-state index is 12.2. The molecule has 0 aromatic heterocycles. The van der Waals surface area contributed by atoms with Crippen LogP contribution in [0.15, 0.2) is 35.2 Å². The number of thioether (sulfide) groups is 1. The highest BCUT2D eigenvalue weighted by molar-refractivity contribution is 8.00. The Morgan fingerprint density at radius 1 is 1.11 bits per heavy atom. The Hall–Kier alpha value is -0.760. The molecule has 0 aliphatic carbocycles. The number of hydrogen-bond donors (Lipinski definition) is 0. The number of Topliss-reactive ketones (excluding diaryl/α,β-unsaturated/α-hetero) is 1. The van der Waals surface area contributed by atoms with Gasteiger partial charge in [-0.1, -0.05) is 51.3 Å². The molecule has 0 saturated carbocycles. The molecule has 1 unspecified atom stereocenters. The molecular weight excluding hydrogens is 240 g/mol. The Balaban J connectivity index is 2.57. The van der Waals surface area contributed by atoms with Crippen LogP contribution >= 0.6 is 11.8 Å². The van der Waals surface area contributed by atoms with Crippen molar-refractivity contribution in [2.75, 3.05) is 0 Å². The van der Waals surface area contributed by atoms with Crippen LogP contribution in [0.5, 0.6) is 0 Å². The standard InChI is InChI=1S/C16H24OS/c1-3-5-12-15(17)16(13-6-4-2)18-14-10-8-7-9-11-14/h7-11,16H,3-6,12-13H2,1-2H3. The van der Waals surface area contributed by atoms with Gasteiger partial charge in [-0.25, -0.2) is 0 Å². The first kappa shape index (κ1) is 15.3. The Bertz CT molecular complexity index is 334. The van der Waals surface area contributed by atoms with E-state index in [9.17, 15) is 4.79 Å². The summed E-state index contributed by atoms with van der Waals surface area (Å²) in [5.41, 5.74) is 0. The molecule has 2 heteroatoms. The van der Waals surface area contributed by atoms with Crippen molar-refractivity contribution in [1.82, 2.24) is 0 Å². The largest absolute Gasteiger partial charge is 0.298 e. The van der Waals surface area contributed by atoms with E-state index in [1.165, 1.54) is 4.90 Å². The van der Waals surface area contributed by atoms with Crippen molar-refractivity contribution in [2.45, 2.75) is 62.5 Å². The predicted octanol–water partition coefficient (Wildman–Crippen LogP) is 5.10. The van der Waals surface area contributed by atoms with Gasteiger partial charge in [-0.2, -0.15) is 0 Å². The van der Waals surface area contributed by atoms with E-state index in [-0.39, 0.29) is 5.25 Å². The number of carbonyl (C=O) groups is 1. The minimum atomic E-state index is 0.152. The first-order valence-corrected chi connectivity index (χ1v) is 7.90. The van der Waals surface area contributed by atoms with Crippen molar-refractivity contribution in [2.24, 2.45) is 0 Å². The van der Waals surface area contributed by atoms with Crippen LogP contribution in [0, 0.1) is 0 Å². The molecule has 0 fully saturated rings. The molecule has 1 atom stereocenters. The molecule has 0 bridgehead atoms. The molecule has 1 rings (SSSR count). The number of unbranched alkanes of at least 4 members (excludes halogenated alkanes) is 2. The fourth-order valence-corrected chi connectivity index (χ4v) is 3.03. The lowest BCUT2D eigenvalue weighted by Gasteiger charge is -2.15. The van der Waals surface area contributed by atoms with Gasteiger partial charge >= 0.3 is 0 Å². The van der Waals surface area contributed by atoms with Crippen LogP contribution in [0.4, 0.5) is 0 Å². The third-order valence-corrected chi connectivity index (χ3v) is 4.30. The van der Waals surface area contributed by atoms with Crippen molar-refractivity contribution in [3.05, 3.63) is 30.3 Å². The smallest absolute Gasteiger partial charge is 0.146 e. The summed E-state index contributed by atoms with van der Waals surface area (Å²) in [7, 11) is 0. The lowest BCUT2D eigenvalue weighted by atomic mass is 10.1. The van der Waals surface area contributed by atoms with E-state index in [4.69, 9.17) is 0 Å². The highest BCUT2D eigenvalue weighted by Crippen LogP contribution is 2.28. The third-order valence-electron chi connectivity index (χ3n) is 2.98. The molecule has 0 N–H and O–H groups in total. The van der Waals surface area contributed by atoms with Gasteiger partial charge in [0, 0.05) is 11.3 Å². The Morgan fingerprint density at radius 3 is 2.39 bits per heavy atom. The summed E-state index contributed by atoms with van der Waals surface area (Å²) in [5, 5.41) is 0.152. The van der Waals surface area contributed by atoms with Crippen LogP contribution in [-0.4, -0.2) is 11.0 Å². The number of benzene rings is 1. The predicted molar refractivity (Wildman–Crippen MR) is 80.1 cm³/mol. The van der Waals surface area contributed by atoms with Crippen molar-refractivity contribution < 1.29 is 4.79 Å². The van der Waals surface area contributed by atoms with Crippen molar-refractivity contribution in [3.8, 4) is 0 Å². The number of hydrogen-bond acceptors (Lipinski definition) is 2.